The van der Waals surface area contributed by atoms with Gasteiger partial charge >= 0.3 is 5.97 Å². The van der Waals surface area contributed by atoms with Crippen molar-refractivity contribution in [3.8, 4) is 11.5 Å². The van der Waals surface area contributed by atoms with Gasteiger partial charge in [0, 0.05) is 6.20 Å². The lowest BCUT2D eigenvalue weighted by Crippen LogP contribution is -2.39. The lowest BCUT2D eigenvalue weighted by molar-refractivity contribution is -0.136. The maximum Gasteiger partial charge on any atom is 0.337 e. The Labute approximate surface area is 194 Å². The van der Waals surface area contributed by atoms with Gasteiger partial charge in [-0.15, -0.1) is 0 Å². The number of fused-ring (bicyclic) bond motifs is 1. The molecule has 0 aliphatic carbocycles. The van der Waals surface area contributed by atoms with E-state index in [0.717, 1.165) is 5.56 Å². The van der Waals surface area contributed by atoms with E-state index in [9.17, 15) is 9.59 Å². The van der Waals surface area contributed by atoms with Gasteiger partial charge in [0.25, 0.3) is 5.56 Å². The van der Waals surface area contributed by atoms with Crippen molar-refractivity contribution in [1.82, 2.24) is 4.57 Å². The number of ether oxygens (including phenoxy) is 3. The maximum absolute atomic E-state index is 13.5. The number of benzene rings is 2. The highest BCUT2D eigenvalue weighted by Gasteiger charge is 2.31. The molecule has 0 saturated heterocycles. The predicted molar refractivity (Wildman–Crippen MR) is 126 cm³/mol. The topological polar surface area (TPSA) is 79.1 Å². The molecule has 4 rings (SSSR count). The van der Waals surface area contributed by atoms with Crippen molar-refractivity contribution < 1.29 is 19.0 Å². The number of thiazole rings is 1. The van der Waals surface area contributed by atoms with E-state index in [1.807, 2.05) is 56.3 Å². The summed E-state index contributed by atoms with van der Waals surface area (Å²) < 4.78 is 18.5. The van der Waals surface area contributed by atoms with Gasteiger partial charge in [0.15, 0.2) is 16.3 Å². The molecule has 8 heteroatoms. The van der Waals surface area contributed by atoms with Crippen LogP contribution in [0.3, 0.4) is 0 Å². The quantitative estimate of drug-likeness (QED) is 0.503. The van der Waals surface area contributed by atoms with E-state index in [0.29, 0.717) is 39.6 Å². The van der Waals surface area contributed by atoms with E-state index in [4.69, 9.17) is 14.2 Å². The minimum absolute atomic E-state index is 0.228. The van der Waals surface area contributed by atoms with Crippen LogP contribution in [-0.4, -0.2) is 30.9 Å². The molecule has 0 fully saturated rings. The maximum atomic E-state index is 13.5. The fraction of sp³-hybridized carbons (Fsp3) is 0.240. The molecule has 1 aliphatic rings. The monoisotopic (exact) mass is 464 g/mol. The first-order valence-corrected chi connectivity index (χ1v) is 11.4. The van der Waals surface area contributed by atoms with Crippen LogP contribution in [-0.2, 0) is 9.53 Å². The normalized spacial score (nSPS) is 15.3. The summed E-state index contributed by atoms with van der Waals surface area (Å²) in [6.45, 7) is 4.71. The number of carbonyl (C=O) groups excluding carboxylic acids is 1. The number of rotatable bonds is 7. The van der Waals surface area contributed by atoms with Gasteiger partial charge in [0.05, 0.1) is 36.5 Å². The first kappa shape index (κ1) is 22.5. The van der Waals surface area contributed by atoms with E-state index >= 15 is 0 Å². The third-order valence-electron chi connectivity index (χ3n) is 5.11. The van der Waals surface area contributed by atoms with Crippen molar-refractivity contribution in [2.75, 3.05) is 20.3 Å². The molecule has 3 aromatic rings. The standard InChI is InChI=1S/C25H24N2O5S/c1-4-31-19-12-11-17(14-20(19)32-5-2)22-18(24(29)30-3)15-26-25-27(22)23(28)21(33-25)13-16-9-7-6-8-10-16/h6-15,22H,4-5H2,1-3H3/b21-13-/t22-/m1/s1. The Morgan fingerprint density at radius 1 is 1.09 bits per heavy atom. The van der Waals surface area contributed by atoms with Crippen LogP contribution in [0, 0.1) is 0 Å². The summed E-state index contributed by atoms with van der Waals surface area (Å²) in [5, 5.41) is 0. The zero-order valence-corrected chi connectivity index (χ0v) is 19.4. The van der Waals surface area contributed by atoms with Crippen molar-refractivity contribution in [3.05, 3.63) is 91.1 Å². The summed E-state index contributed by atoms with van der Waals surface area (Å²) in [6, 6.07) is 14.3. The molecule has 1 aliphatic heterocycles. The van der Waals surface area contributed by atoms with Crippen molar-refractivity contribution in [2.45, 2.75) is 19.9 Å². The zero-order chi connectivity index (χ0) is 23.4. The van der Waals surface area contributed by atoms with Gasteiger partial charge in [-0.2, -0.15) is 0 Å². The molecule has 33 heavy (non-hydrogen) atoms. The lowest BCUT2D eigenvalue weighted by Gasteiger charge is -2.23. The minimum Gasteiger partial charge on any atom is -0.490 e. The summed E-state index contributed by atoms with van der Waals surface area (Å²) in [5.41, 5.74) is 1.64. The Kier molecular flexibility index (Phi) is 6.74. The van der Waals surface area contributed by atoms with Crippen LogP contribution in [0.2, 0.25) is 0 Å². The third-order valence-corrected chi connectivity index (χ3v) is 6.10. The van der Waals surface area contributed by atoms with Crippen LogP contribution < -0.4 is 24.4 Å². The van der Waals surface area contributed by atoms with Crippen LogP contribution in [0.1, 0.15) is 31.0 Å². The molecular formula is C25H24N2O5S. The SMILES string of the molecule is CCOc1ccc([C@@H]2C(C(=O)OC)=CN=c3s/c(=C\c4ccccc4)c(=O)n32)cc1OCC. The first-order valence-electron chi connectivity index (χ1n) is 10.6. The van der Waals surface area contributed by atoms with Crippen LogP contribution in [0.25, 0.3) is 6.08 Å². The van der Waals surface area contributed by atoms with Gasteiger partial charge in [-0.05, 0) is 43.2 Å². The smallest absolute Gasteiger partial charge is 0.337 e. The summed E-state index contributed by atoms with van der Waals surface area (Å²) in [4.78, 5) is 31.0. The van der Waals surface area contributed by atoms with Crippen LogP contribution in [0.4, 0.5) is 0 Å². The van der Waals surface area contributed by atoms with E-state index in [1.54, 1.807) is 12.1 Å². The summed E-state index contributed by atoms with van der Waals surface area (Å²) in [7, 11) is 1.31. The Morgan fingerprint density at radius 3 is 2.52 bits per heavy atom. The Balaban J connectivity index is 1.91. The van der Waals surface area contributed by atoms with Gasteiger partial charge < -0.3 is 14.2 Å². The number of hydrogen-bond donors (Lipinski definition) is 0. The third kappa shape index (κ3) is 4.47. The van der Waals surface area contributed by atoms with E-state index in [-0.39, 0.29) is 11.1 Å². The molecule has 1 atom stereocenters. The molecule has 0 unspecified atom stereocenters. The van der Waals surface area contributed by atoms with Crippen molar-refractivity contribution in [2.24, 2.45) is 4.99 Å². The average Bonchev–Trinajstić information content (AvgIpc) is 3.15. The molecule has 1 aromatic heterocycles. The Hall–Kier alpha value is -3.65. The van der Waals surface area contributed by atoms with Crippen LogP contribution >= 0.6 is 11.3 Å². The molecule has 0 radical (unpaired) electrons. The molecule has 0 saturated carbocycles. The number of aromatic nitrogens is 1. The molecule has 2 heterocycles. The Morgan fingerprint density at radius 2 is 1.82 bits per heavy atom. The fourth-order valence-electron chi connectivity index (χ4n) is 3.69. The van der Waals surface area contributed by atoms with Gasteiger partial charge in [-0.3, -0.25) is 9.36 Å². The summed E-state index contributed by atoms with van der Waals surface area (Å²) >= 11 is 1.28. The Bertz CT molecular complexity index is 1370. The fourth-order valence-corrected chi connectivity index (χ4v) is 4.66. The van der Waals surface area contributed by atoms with E-state index < -0.39 is 12.0 Å². The number of carbonyl (C=O) groups is 1. The number of esters is 1. The summed E-state index contributed by atoms with van der Waals surface area (Å²) in [6.07, 6.45) is 3.30. The molecular weight excluding hydrogens is 440 g/mol. The molecule has 0 amide bonds. The molecule has 0 N–H and O–H groups in total. The van der Waals surface area contributed by atoms with Crippen molar-refractivity contribution >= 4 is 23.4 Å². The highest BCUT2D eigenvalue weighted by Crippen LogP contribution is 2.35. The molecule has 0 bridgehead atoms. The van der Waals surface area contributed by atoms with Gasteiger partial charge in [0.2, 0.25) is 0 Å². The second kappa shape index (κ2) is 9.87. The van der Waals surface area contributed by atoms with Crippen LogP contribution in [0.15, 0.2) is 70.1 Å². The molecule has 7 nitrogen and oxygen atoms in total. The van der Waals surface area contributed by atoms with Crippen molar-refractivity contribution in [3.63, 3.8) is 0 Å². The minimum atomic E-state index is -0.707. The summed E-state index contributed by atoms with van der Waals surface area (Å²) in [5.74, 6) is 0.598. The lowest BCUT2D eigenvalue weighted by atomic mass is 9.97. The molecule has 0 spiro atoms. The van der Waals surface area contributed by atoms with Gasteiger partial charge in [-0.25, -0.2) is 9.79 Å². The first-order chi connectivity index (χ1) is 16.1. The molecule has 2 aromatic carbocycles. The van der Waals surface area contributed by atoms with E-state index in [1.165, 1.54) is 29.2 Å². The van der Waals surface area contributed by atoms with Gasteiger partial charge in [0.1, 0.15) is 0 Å². The molecule has 170 valence electrons. The number of nitrogens with zero attached hydrogens (tertiary/aromatic N) is 2. The average molecular weight is 465 g/mol. The second-order valence-electron chi connectivity index (χ2n) is 7.16. The number of methoxy groups -OCH3 is 1. The van der Waals surface area contributed by atoms with Gasteiger partial charge in [-0.1, -0.05) is 47.7 Å². The van der Waals surface area contributed by atoms with Crippen LogP contribution in [0.5, 0.6) is 11.5 Å². The highest BCUT2D eigenvalue weighted by atomic mass is 32.1. The number of hydrogen-bond acceptors (Lipinski definition) is 7. The van der Waals surface area contributed by atoms with E-state index in [2.05, 4.69) is 4.99 Å². The highest BCUT2D eigenvalue weighted by molar-refractivity contribution is 7.07. The second-order valence-corrected chi connectivity index (χ2v) is 8.17. The zero-order valence-electron chi connectivity index (χ0n) is 18.6. The predicted octanol–water partition coefficient (Wildman–Crippen LogP) is 2.82. The largest absolute Gasteiger partial charge is 0.490 e. The van der Waals surface area contributed by atoms with Crippen molar-refractivity contribution in [1.29, 1.82) is 0 Å².